The smallest absolute Gasteiger partial charge is 0.261 e. The van der Waals surface area contributed by atoms with Gasteiger partial charge in [0, 0.05) is 12.1 Å². The molecular weight excluding hydrogens is 439 g/mol. The Kier molecular flexibility index (Phi) is 7.62. The van der Waals surface area contributed by atoms with Gasteiger partial charge in [-0.25, -0.2) is 22.7 Å². The van der Waals surface area contributed by atoms with Crippen LogP contribution >= 0.6 is 0 Å². The molecule has 2 N–H and O–H groups in total. The number of nitrogens with two attached hydrogens (primary N) is 1. The van der Waals surface area contributed by atoms with E-state index in [9.17, 15) is 18.0 Å². The fourth-order valence-corrected chi connectivity index (χ4v) is 3.40. The van der Waals surface area contributed by atoms with Crippen LogP contribution in [0.1, 0.15) is 43.1 Å². The average Bonchev–Trinajstić information content (AvgIpc) is 3.22. The number of alkyl halides is 2. The minimum absolute atomic E-state index is 0.0413. The van der Waals surface area contributed by atoms with E-state index in [0.29, 0.717) is 17.9 Å². The molecule has 0 aliphatic carbocycles. The third-order valence-electron chi connectivity index (χ3n) is 4.90. The maximum atomic E-state index is 14.0. The molecule has 3 aromatic rings. The number of amides is 1. The summed E-state index contributed by atoms with van der Waals surface area (Å²) in [5.74, 6) is -0.589. The third kappa shape index (κ3) is 4.96. The zero-order valence-electron chi connectivity index (χ0n) is 18.6. The molecule has 8 nitrogen and oxygen atoms in total. The number of carbonyl (C=O) groups excluding carboxylic acids is 1. The van der Waals surface area contributed by atoms with Crippen molar-refractivity contribution in [2.24, 2.45) is 5.73 Å². The lowest BCUT2D eigenvalue weighted by Gasteiger charge is -2.37. The first-order chi connectivity index (χ1) is 15.9. The maximum Gasteiger partial charge on any atom is 0.261 e. The number of fused-ring (bicyclic) bond motifs is 2. The van der Waals surface area contributed by atoms with Crippen LogP contribution in [0.4, 0.5) is 19.0 Å². The second kappa shape index (κ2) is 10.4. The Morgan fingerprint density at radius 1 is 1.36 bits per heavy atom. The van der Waals surface area contributed by atoms with Gasteiger partial charge in [-0.05, 0) is 24.6 Å². The lowest BCUT2D eigenvalue weighted by Crippen LogP contribution is -2.47. The van der Waals surface area contributed by atoms with Gasteiger partial charge in [-0.2, -0.15) is 5.10 Å². The van der Waals surface area contributed by atoms with Crippen molar-refractivity contribution in [1.82, 2.24) is 14.6 Å². The largest absolute Gasteiger partial charge is 0.493 e. The molecule has 1 aliphatic rings. The van der Waals surface area contributed by atoms with Crippen LogP contribution in [0.2, 0.25) is 0 Å². The average molecular weight is 465 g/mol. The molecule has 0 saturated heterocycles. The predicted molar refractivity (Wildman–Crippen MR) is 117 cm³/mol. The van der Waals surface area contributed by atoms with Crippen LogP contribution in [0.25, 0.3) is 5.65 Å². The number of benzene rings is 1. The summed E-state index contributed by atoms with van der Waals surface area (Å²) in [5, 5.41) is 4.01. The van der Waals surface area contributed by atoms with Crippen LogP contribution in [0.5, 0.6) is 11.5 Å². The van der Waals surface area contributed by atoms with E-state index in [2.05, 4.69) is 10.1 Å². The predicted octanol–water partition coefficient (Wildman–Crippen LogP) is 3.82. The van der Waals surface area contributed by atoms with Crippen molar-refractivity contribution >= 4 is 17.4 Å². The summed E-state index contributed by atoms with van der Waals surface area (Å²) >= 11 is 0. The second-order valence-electron chi connectivity index (χ2n) is 7.06. The number of aromatic nitrogens is 3. The van der Waals surface area contributed by atoms with Crippen molar-refractivity contribution in [2.75, 3.05) is 18.1 Å². The van der Waals surface area contributed by atoms with Gasteiger partial charge in [0.15, 0.2) is 17.2 Å². The Morgan fingerprint density at radius 2 is 2.12 bits per heavy atom. The van der Waals surface area contributed by atoms with Gasteiger partial charge < -0.3 is 20.1 Å². The fourth-order valence-electron chi connectivity index (χ4n) is 3.40. The fraction of sp³-hybridized carbons (Fsp3) is 0.409. The van der Waals surface area contributed by atoms with Crippen LogP contribution in [-0.2, 0) is 6.54 Å². The zero-order chi connectivity index (χ0) is 24.1. The van der Waals surface area contributed by atoms with Gasteiger partial charge in [0.25, 0.3) is 12.3 Å². The molecule has 0 saturated carbocycles. The van der Waals surface area contributed by atoms with Crippen molar-refractivity contribution in [1.29, 1.82) is 0 Å². The van der Waals surface area contributed by atoms with Gasteiger partial charge in [0.1, 0.15) is 29.8 Å². The number of anilines is 1. The molecule has 1 atom stereocenters. The van der Waals surface area contributed by atoms with Crippen molar-refractivity contribution in [3.8, 4) is 11.5 Å². The normalized spacial score (nSPS) is 15.0. The van der Waals surface area contributed by atoms with E-state index in [-0.39, 0.29) is 35.9 Å². The lowest BCUT2D eigenvalue weighted by molar-refractivity contribution is 0.0766. The summed E-state index contributed by atoms with van der Waals surface area (Å²) in [7, 11) is 0. The molecule has 3 heterocycles. The van der Waals surface area contributed by atoms with Crippen LogP contribution in [-0.4, -0.2) is 46.2 Å². The number of halogens is 3. The van der Waals surface area contributed by atoms with Crippen molar-refractivity contribution in [3.63, 3.8) is 0 Å². The molecule has 4 rings (SSSR count). The Hall–Kier alpha value is -3.50. The lowest BCUT2D eigenvalue weighted by atomic mass is 10.1. The molecule has 2 aromatic heterocycles. The number of ether oxygens (including phenoxy) is 2. The van der Waals surface area contributed by atoms with Gasteiger partial charge in [-0.15, -0.1) is 0 Å². The molecule has 0 radical (unpaired) electrons. The molecule has 11 heteroatoms. The van der Waals surface area contributed by atoms with Crippen LogP contribution in [0.3, 0.4) is 0 Å². The van der Waals surface area contributed by atoms with E-state index in [1.165, 1.54) is 40.0 Å². The molecule has 1 amide bonds. The molecular formula is C22H26F3N5O3. The van der Waals surface area contributed by atoms with E-state index in [0.717, 1.165) is 6.42 Å². The molecule has 0 spiro atoms. The van der Waals surface area contributed by atoms with Gasteiger partial charge in [-0.1, -0.05) is 20.8 Å². The summed E-state index contributed by atoms with van der Waals surface area (Å²) in [5.41, 5.74) is 5.90. The van der Waals surface area contributed by atoms with Crippen LogP contribution in [0, 0.1) is 5.82 Å². The second-order valence-corrected chi connectivity index (χ2v) is 7.06. The first-order valence-electron chi connectivity index (χ1n) is 10.7. The summed E-state index contributed by atoms with van der Waals surface area (Å²) < 4.78 is 54.1. The highest BCUT2D eigenvalue weighted by molar-refractivity contribution is 5.98. The minimum atomic E-state index is -2.76. The van der Waals surface area contributed by atoms with Crippen molar-refractivity contribution < 1.29 is 27.4 Å². The minimum Gasteiger partial charge on any atom is -0.493 e. The quantitative estimate of drug-likeness (QED) is 0.570. The molecule has 1 aliphatic heterocycles. The van der Waals surface area contributed by atoms with Crippen LogP contribution in [0.15, 0.2) is 30.6 Å². The summed E-state index contributed by atoms with van der Waals surface area (Å²) in [4.78, 5) is 17.4. The van der Waals surface area contributed by atoms with Gasteiger partial charge >= 0.3 is 0 Å². The summed E-state index contributed by atoms with van der Waals surface area (Å²) in [6, 6.07) is 2.62. The van der Waals surface area contributed by atoms with E-state index >= 15 is 0 Å². The molecule has 178 valence electrons. The molecule has 1 aromatic carbocycles. The molecule has 0 bridgehead atoms. The number of carbonyl (C=O) groups is 1. The topological polar surface area (TPSA) is 95.0 Å². The number of primary amides is 1. The van der Waals surface area contributed by atoms with E-state index < -0.39 is 24.2 Å². The highest BCUT2D eigenvalue weighted by Gasteiger charge is 2.36. The third-order valence-corrected chi connectivity index (χ3v) is 4.90. The maximum absolute atomic E-state index is 14.0. The SMILES string of the molecule is CC.CCCOc1ccc(F)cc1CN1c2nc3c(C(N)=O)cnn3cc2OCC1C(F)F. The van der Waals surface area contributed by atoms with E-state index in [1.54, 1.807) is 0 Å². The highest BCUT2D eigenvalue weighted by Crippen LogP contribution is 2.37. The Balaban J connectivity index is 0.00000149. The van der Waals surface area contributed by atoms with Crippen LogP contribution < -0.4 is 20.1 Å². The van der Waals surface area contributed by atoms with Gasteiger partial charge in [0.05, 0.1) is 19.0 Å². The highest BCUT2D eigenvalue weighted by atomic mass is 19.3. The van der Waals surface area contributed by atoms with Gasteiger partial charge in [0.2, 0.25) is 0 Å². The van der Waals surface area contributed by atoms with E-state index in [4.69, 9.17) is 15.2 Å². The monoisotopic (exact) mass is 465 g/mol. The zero-order valence-corrected chi connectivity index (χ0v) is 18.6. The number of rotatable bonds is 7. The standard InChI is InChI=1S/C20H20F3N5O3.C2H6/c1-2-5-30-15-4-3-12(21)6-11(15)8-27-14(17(22)23)10-31-16-9-28-19(26-20(16)27)13(7-25-28)18(24)29;1-2/h3-4,6-7,9,14,17H,2,5,8,10H2,1H3,(H2,24,29);1-2H3. The Morgan fingerprint density at radius 3 is 2.79 bits per heavy atom. The number of hydrogen-bond acceptors (Lipinski definition) is 6. The Bertz CT molecular complexity index is 1120. The molecule has 0 fully saturated rings. The number of nitrogens with zero attached hydrogens (tertiary/aromatic N) is 4. The number of hydrogen-bond donors (Lipinski definition) is 1. The Labute approximate surface area is 189 Å². The summed E-state index contributed by atoms with van der Waals surface area (Å²) in [6.07, 6.45) is 0.654. The van der Waals surface area contributed by atoms with Gasteiger partial charge in [-0.3, -0.25) is 4.79 Å². The van der Waals surface area contributed by atoms with E-state index in [1.807, 2.05) is 20.8 Å². The molecule has 33 heavy (non-hydrogen) atoms. The molecule has 1 unspecified atom stereocenters. The van der Waals surface area contributed by atoms with Crippen molar-refractivity contribution in [2.45, 2.75) is 46.2 Å². The first kappa shape index (κ1) is 24.1. The first-order valence-corrected chi connectivity index (χ1v) is 10.7. The summed E-state index contributed by atoms with van der Waals surface area (Å²) in [6.45, 7) is 5.91. The van der Waals surface area contributed by atoms with Crippen molar-refractivity contribution in [3.05, 3.63) is 47.5 Å².